The van der Waals surface area contributed by atoms with Gasteiger partial charge in [0.2, 0.25) is 0 Å². The van der Waals surface area contributed by atoms with Crippen molar-refractivity contribution in [2.24, 2.45) is 5.92 Å². The van der Waals surface area contributed by atoms with Crippen LogP contribution in [0.2, 0.25) is 0 Å². The van der Waals surface area contributed by atoms with Crippen molar-refractivity contribution in [3.8, 4) is 11.8 Å². The molecule has 128 valence electrons. The van der Waals surface area contributed by atoms with Crippen molar-refractivity contribution >= 4 is 0 Å². The van der Waals surface area contributed by atoms with E-state index in [1.54, 1.807) is 0 Å². The summed E-state index contributed by atoms with van der Waals surface area (Å²) in [5, 5.41) is 0. The van der Waals surface area contributed by atoms with Crippen LogP contribution < -0.4 is 0 Å². The molecule has 0 nitrogen and oxygen atoms in total. The zero-order chi connectivity index (χ0) is 15.7. The summed E-state index contributed by atoms with van der Waals surface area (Å²) in [7, 11) is 0. The summed E-state index contributed by atoms with van der Waals surface area (Å²) >= 11 is 0. The largest absolute Gasteiger partial charge is 0.103 e. The van der Waals surface area contributed by atoms with E-state index in [1.165, 1.54) is 103 Å². The minimum absolute atomic E-state index is 1.08. The van der Waals surface area contributed by atoms with Crippen LogP contribution >= 0.6 is 0 Å². The van der Waals surface area contributed by atoms with Gasteiger partial charge in [0.15, 0.2) is 0 Å². The second kappa shape index (κ2) is 15.5. The van der Waals surface area contributed by atoms with Crippen molar-refractivity contribution in [3.63, 3.8) is 0 Å². The fourth-order valence-corrected chi connectivity index (χ4v) is 3.65. The normalized spacial score (nSPS) is 15.5. The standard InChI is InChI=1S/C22H40/c1-2-3-4-5-6-7-8-9-10-11-12-13-14-16-19-22-20-17-15-18-21-22/h22H,2-7,10-21H2,1H3. The predicted molar refractivity (Wildman–Crippen MR) is 100 cm³/mol. The first-order valence-electron chi connectivity index (χ1n) is 10.4. The maximum absolute atomic E-state index is 3.37. The first-order chi connectivity index (χ1) is 10.9. The van der Waals surface area contributed by atoms with Crippen LogP contribution in [-0.2, 0) is 0 Å². The summed E-state index contributed by atoms with van der Waals surface area (Å²) < 4.78 is 0. The van der Waals surface area contributed by atoms with Gasteiger partial charge in [-0.1, -0.05) is 96.8 Å². The van der Waals surface area contributed by atoms with Gasteiger partial charge in [0, 0.05) is 12.8 Å². The second-order valence-corrected chi connectivity index (χ2v) is 7.33. The predicted octanol–water partition coefficient (Wildman–Crippen LogP) is 7.66. The molecule has 0 aromatic rings. The van der Waals surface area contributed by atoms with E-state index in [9.17, 15) is 0 Å². The minimum atomic E-state index is 1.08. The Balaban J connectivity index is 1.76. The molecule has 0 spiro atoms. The van der Waals surface area contributed by atoms with E-state index in [0.29, 0.717) is 0 Å². The molecule has 0 aromatic carbocycles. The van der Waals surface area contributed by atoms with E-state index in [0.717, 1.165) is 18.8 Å². The van der Waals surface area contributed by atoms with Crippen molar-refractivity contribution in [1.29, 1.82) is 0 Å². The lowest BCUT2D eigenvalue weighted by Crippen LogP contribution is -2.05. The van der Waals surface area contributed by atoms with Gasteiger partial charge in [0.05, 0.1) is 0 Å². The third kappa shape index (κ3) is 12.1. The van der Waals surface area contributed by atoms with Crippen LogP contribution in [0.25, 0.3) is 0 Å². The maximum atomic E-state index is 3.37. The van der Waals surface area contributed by atoms with Crippen LogP contribution in [-0.4, -0.2) is 0 Å². The highest BCUT2D eigenvalue weighted by Crippen LogP contribution is 2.28. The van der Waals surface area contributed by atoms with Crippen LogP contribution in [0.15, 0.2) is 0 Å². The molecule has 0 heterocycles. The average molecular weight is 305 g/mol. The molecule has 0 aliphatic heterocycles. The molecule has 0 unspecified atom stereocenters. The zero-order valence-corrected chi connectivity index (χ0v) is 15.3. The topological polar surface area (TPSA) is 0 Å². The van der Waals surface area contributed by atoms with Gasteiger partial charge in [-0.2, -0.15) is 0 Å². The summed E-state index contributed by atoms with van der Waals surface area (Å²) in [4.78, 5) is 0. The Morgan fingerprint density at radius 1 is 0.636 bits per heavy atom. The quantitative estimate of drug-likeness (QED) is 0.256. The Morgan fingerprint density at radius 2 is 1.18 bits per heavy atom. The minimum Gasteiger partial charge on any atom is -0.103 e. The molecule has 1 aliphatic carbocycles. The SMILES string of the molecule is CCCCCCCC#CCCCCCCCC1CCCCC1. The fourth-order valence-electron chi connectivity index (χ4n) is 3.65. The smallest absolute Gasteiger partial charge is 0.00886 e. The zero-order valence-electron chi connectivity index (χ0n) is 15.3. The Morgan fingerprint density at radius 3 is 1.82 bits per heavy atom. The van der Waals surface area contributed by atoms with Gasteiger partial charge in [-0.25, -0.2) is 0 Å². The highest BCUT2D eigenvalue weighted by Gasteiger charge is 2.12. The lowest BCUT2D eigenvalue weighted by molar-refractivity contribution is 0.328. The summed E-state index contributed by atoms with van der Waals surface area (Å²) in [5.41, 5.74) is 0. The summed E-state index contributed by atoms with van der Waals surface area (Å²) in [6, 6.07) is 0. The Labute approximate surface area is 140 Å². The number of hydrogen-bond donors (Lipinski definition) is 0. The first-order valence-corrected chi connectivity index (χ1v) is 10.4. The summed E-state index contributed by atoms with van der Waals surface area (Å²) in [5.74, 6) is 7.81. The van der Waals surface area contributed by atoms with Crippen molar-refractivity contribution in [2.45, 2.75) is 122 Å². The van der Waals surface area contributed by atoms with Gasteiger partial charge in [0.1, 0.15) is 0 Å². The third-order valence-electron chi connectivity index (χ3n) is 5.17. The van der Waals surface area contributed by atoms with Gasteiger partial charge in [-0.3, -0.25) is 0 Å². The van der Waals surface area contributed by atoms with Crippen LogP contribution in [0.1, 0.15) is 122 Å². The summed E-state index contributed by atoms with van der Waals surface area (Å²) in [6.07, 6.45) is 25.3. The molecular weight excluding hydrogens is 264 g/mol. The fraction of sp³-hybridized carbons (Fsp3) is 0.909. The van der Waals surface area contributed by atoms with E-state index in [-0.39, 0.29) is 0 Å². The molecule has 0 atom stereocenters. The molecular formula is C22H40. The van der Waals surface area contributed by atoms with Gasteiger partial charge in [0.25, 0.3) is 0 Å². The van der Waals surface area contributed by atoms with E-state index < -0.39 is 0 Å². The van der Waals surface area contributed by atoms with Crippen molar-refractivity contribution in [1.82, 2.24) is 0 Å². The monoisotopic (exact) mass is 304 g/mol. The lowest BCUT2D eigenvalue weighted by atomic mass is 9.85. The molecule has 0 bridgehead atoms. The molecule has 0 saturated heterocycles. The van der Waals surface area contributed by atoms with Crippen molar-refractivity contribution < 1.29 is 0 Å². The van der Waals surface area contributed by atoms with E-state index in [1.807, 2.05) is 0 Å². The molecule has 0 N–H and O–H groups in total. The molecule has 22 heavy (non-hydrogen) atoms. The van der Waals surface area contributed by atoms with Crippen LogP contribution in [0.4, 0.5) is 0 Å². The van der Waals surface area contributed by atoms with Crippen LogP contribution in [0, 0.1) is 17.8 Å². The van der Waals surface area contributed by atoms with Gasteiger partial charge in [-0.05, 0) is 18.8 Å². The highest BCUT2D eigenvalue weighted by molar-refractivity contribution is 4.98. The van der Waals surface area contributed by atoms with Gasteiger partial charge >= 0.3 is 0 Å². The number of hydrogen-bond acceptors (Lipinski definition) is 0. The molecule has 0 amide bonds. The molecule has 1 saturated carbocycles. The molecule has 1 aliphatic rings. The molecule has 1 rings (SSSR count). The second-order valence-electron chi connectivity index (χ2n) is 7.33. The molecule has 0 radical (unpaired) electrons. The van der Waals surface area contributed by atoms with Crippen LogP contribution in [0.5, 0.6) is 0 Å². The van der Waals surface area contributed by atoms with Crippen molar-refractivity contribution in [3.05, 3.63) is 0 Å². The first kappa shape index (κ1) is 19.6. The Kier molecular flexibility index (Phi) is 13.8. The summed E-state index contributed by atoms with van der Waals surface area (Å²) in [6.45, 7) is 2.27. The van der Waals surface area contributed by atoms with E-state index in [2.05, 4.69) is 18.8 Å². The Bertz CT molecular complexity index is 274. The Hall–Kier alpha value is -0.440. The van der Waals surface area contributed by atoms with E-state index >= 15 is 0 Å². The van der Waals surface area contributed by atoms with Gasteiger partial charge in [-0.15, -0.1) is 11.8 Å². The lowest BCUT2D eigenvalue weighted by Gasteiger charge is -2.21. The number of unbranched alkanes of at least 4 members (excludes halogenated alkanes) is 10. The third-order valence-corrected chi connectivity index (χ3v) is 5.17. The van der Waals surface area contributed by atoms with E-state index in [4.69, 9.17) is 0 Å². The molecule has 0 aromatic heterocycles. The molecule has 1 fully saturated rings. The maximum Gasteiger partial charge on any atom is 0.00886 e. The molecule has 0 heteroatoms. The van der Waals surface area contributed by atoms with Crippen molar-refractivity contribution in [2.75, 3.05) is 0 Å². The van der Waals surface area contributed by atoms with Gasteiger partial charge < -0.3 is 0 Å². The average Bonchev–Trinajstić information content (AvgIpc) is 2.56. The van der Waals surface area contributed by atoms with Crippen LogP contribution in [0.3, 0.4) is 0 Å². The number of rotatable bonds is 12. The highest BCUT2D eigenvalue weighted by atomic mass is 14.2.